The summed E-state index contributed by atoms with van der Waals surface area (Å²) < 4.78 is 34.2. The van der Waals surface area contributed by atoms with Gasteiger partial charge in [0.2, 0.25) is 10.3 Å². The highest BCUT2D eigenvalue weighted by Crippen LogP contribution is 2.30. The standard InChI is InChI=1S/C7H5BrClFO2S/c8-5-1-2-6(13(11)12)4(3-10)7(5)9/h1-2,4H,3H2. The average Bonchev–Trinajstić information content (AvgIpc) is 2.09. The fourth-order valence-electron chi connectivity index (χ4n) is 0.958. The molecule has 0 N–H and O–H groups in total. The summed E-state index contributed by atoms with van der Waals surface area (Å²) in [5.74, 6) is -0.862. The number of hydrogen-bond acceptors (Lipinski definition) is 2. The van der Waals surface area contributed by atoms with Crippen LogP contribution in [0.3, 0.4) is 0 Å². The zero-order valence-corrected chi connectivity index (χ0v) is 9.46. The van der Waals surface area contributed by atoms with Crippen molar-refractivity contribution >= 4 is 42.7 Å². The third-order valence-electron chi connectivity index (χ3n) is 1.62. The van der Waals surface area contributed by atoms with E-state index in [1.807, 2.05) is 0 Å². The van der Waals surface area contributed by atoms with Gasteiger partial charge in [0.15, 0.2) is 0 Å². The second-order valence-corrected chi connectivity index (χ2v) is 4.58. The van der Waals surface area contributed by atoms with Crippen molar-refractivity contribution in [3.63, 3.8) is 0 Å². The van der Waals surface area contributed by atoms with Crippen LogP contribution in [0.2, 0.25) is 0 Å². The van der Waals surface area contributed by atoms with Crippen molar-refractivity contribution < 1.29 is 12.8 Å². The Labute approximate surface area is 89.7 Å². The van der Waals surface area contributed by atoms with Gasteiger partial charge in [0.25, 0.3) is 0 Å². The third kappa shape index (κ3) is 2.21. The maximum atomic E-state index is 12.4. The Bertz CT molecular complexity index is 402. The van der Waals surface area contributed by atoms with Crippen LogP contribution in [0, 0.1) is 5.92 Å². The fourth-order valence-corrected chi connectivity index (χ4v) is 2.26. The van der Waals surface area contributed by atoms with E-state index in [2.05, 4.69) is 15.9 Å². The highest BCUT2D eigenvalue weighted by Gasteiger charge is 2.24. The van der Waals surface area contributed by atoms with E-state index in [1.54, 1.807) is 0 Å². The Balaban J connectivity index is 3.27. The second kappa shape index (κ2) is 4.39. The van der Waals surface area contributed by atoms with E-state index in [-0.39, 0.29) is 9.90 Å². The summed E-state index contributed by atoms with van der Waals surface area (Å²) in [7, 11) is -2.42. The van der Waals surface area contributed by atoms with Crippen LogP contribution in [0.1, 0.15) is 0 Å². The van der Waals surface area contributed by atoms with Crippen molar-refractivity contribution in [2.75, 3.05) is 6.67 Å². The Morgan fingerprint density at radius 1 is 1.54 bits per heavy atom. The van der Waals surface area contributed by atoms with E-state index in [9.17, 15) is 12.8 Å². The molecular weight excluding hydrogens is 282 g/mol. The molecule has 6 heteroatoms. The number of hydrogen-bond donors (Lipinski definition) is 0. The lowest BCUT2D eigenvalue weighted by Gasteiger charge is -2.15. The van der Waals surface area contributed by atoms with E-state index in [0.717, 1.165) is 0 Å². The van der Waals surface area contributed by atoms with Crippen LogP contribution >= 0.6 is 27.5 Å². The van der Waals surface area contributed by atoms with Crippen LogP contribution in [0.4, 0.5) is 4.39 Å². The number of halogens is 3. The minimum absolute atomic E-state index is 0.0179. The molecule has 0 amide bonds. The molecule has 0 aliphatic heterocycles. The molecular formula is C7H5BrClFO2S. The van der Waals surface area contributed by atoms with Gasteiger partial charge in [0.05, 0.1) is 10.8 Å². The van der Waals surface area contributed by atoms with Crippen molar-refractivity contribution in [1.29, 1.82) is 0 Å². The number of alkyl halides is 1. The fraction of sp³-hybridized carbons (Fsp3) is 0.286. The lowest BCUT2D eigenvalue weighted by Crippen LogP contribution is -2.19. The summed E-state index contributed by atoms with van der Waals surface area (Å²) in [6.45, 7) is -0.818. The highest BCUT2D eigenvalue weighted by atomic mass is 79.9. The summed E-state index contributed by atoms with van der Waals surface area (Å²) in [4.78, 5) is -0.0179. The molecule has 1 rings (SSSR count). The molecule has 0 saturated heterocycles. The van der Waals surface area contributed by atoms with Gasteiger partial charge in [-0.05, 0) is 28.1 Å². The average molecular weight is 288 g/mol. The van der Waals surface area contributed by atoms with Crippen LogP contribution in [0.15, 0.2) is 21.7 Å². The first-order valence-corrected chi connectivity index (χ1v) is 5.57. The molecule has 2 nitrogen and oxygen atoms in total. The summed E-state index contributed by atoms with van der Waals surface area (Å²) >= 11 is 8.81. The molecule has 0 spiro atoms. The smallest absolute Gasteiger partial charge is 0.218 e. The summed E-state index contributed by atoms with van der Waals surface area (Å²) in [6.07, 6.45) is 2.82. The Hall–Kier alpha value is -0.130. The molecule has 0 heterocycles. The largest absolute Gasteiger partial charge is 0.250 e. The maximum Gasteiger partial charge on any atom is 0.218 e. The maximum absolute atomic E-state index is 12.4. The van der Waals surface area contributed by atoms with Gasteiger partial charge in [-0.3, -0.25) is 0 Å². The van der Waals surface area contributed by atoms with Gasteiger partial charge in [-0.25, -0.2) is 4.39 Å². The normalized spacial score (nSPS) is 22.4. The number of rotatable bonds is 1. The quantitative estimate of drug-likeness (QED) is 0.692. The molecule has 13 heavy (non-hydrogen) atoms. The molecule has 0 radical (unpaired) electrons. The van der Waals surface area contributed by atoms with E-state index >= 15 is 0 Å². The van der Waals surface area contributed by atoms with Gasteiger partial charge in [-0.1, -0.05) is 11.6 Å². The van der Waals surface area contributed by atoms with Crippen LogP contribution in [-0.2, 0) is 10.3 Å². The topological polar surface area (TPSA) is 34.1 Å². The summed E-state index contributed by atoms with van der Waals surface area (Å²) in [6, 6.07) is 0. The first kappa shape index (κ1) is 10.9. The van der Waals surface area contributed by atoms with Crippen LogP contribution in [0.5, 0.6) is 0 Å². The van der Waals surface area contributed by atoms with E-state index in [0.29, 0.717) is 4.48 Å². The van der Waals surface area contributed by atoms with E-state index < -0.39 is 22.9 Å². The Kier molecular flexibility index (Phi) is 3.70. The molecule has 0 aromatic carbocycles. The molecule has 1 unspecified atom stereocenters. The molecule has 1 atom stereocenters. The molecule has 0 fully saturated rings. The monoisotopic (exact) mass is 286 g/mol. The first-order chi connectivity index (χ1) is 6.07. The van der Waals surface area contributed by atoms with Crippen LogP contribution in [0.25, 0.3) is 0 Å². The lowest BCUT2D eigenvalue weighted by molar-refractivity contribution is 0.463. The van der Waals surface area contributed by atoms with Crippen LogP contribution in [-0.4, -0.2) is 20.0 Å². The second-order valence-electron chi connectivity index (χ2n) is 2.37. The predicted molar refractivity (Wildman–Crippen MR) is 54.3 cm³/mol. The van der Waals surface area contributed by atoms with Gasteiger partial charge < -0.3 is 0 Å². The Morgan fingerprint density at radius 3 is 2.62 bits per heavy atom. The molecule has 0 saturated carbocycles. The molecule has 1 aliphatic rings. The first-order valence-electron chi connectivity index (χ1n) is 3.33. The van der Waals surface area contributed by atoms with Gasteiger partial charge in [-0.2, -0.15) is 8.42 Å². The summed E-state index contributed by atoms with van der Waals surface area (Å²) in [5, 5.41) is 0.184. The molecule has 0 bridgehead atoms. The van der Waals surface area contributed by atoms with Crippen molar-refractivity contribution in [1.82, 2.24) is 0 Å². The van der Waals surface area contributed by atoms with E-state index in [4.69, 9.17) is 11.6 Å². The zero-order chi connectivity index (χ0) is 10.0. The molecule has 1 aliphatic carbocycles. The van der Waals surface area contributed by atoms with Gasteiger partial charge >= 0.3 is 0 Å². The zero-order valence-electron chi connectivity index (χ0n) is 6.30. The van der Waals surface area contributed by atoms with Crippen LogP contribution < -0.4 is 0 Å². The summed E-state index contributed by atoms with van der Waals surface area (Å²) in [5.41, 5.74) is 0. The lowest BCUT2D eigenvalue weighted by atomic mass is 10.0. The van der Waals surface area contributed by atoms with Gasteiger partial charge in [-0.15, -0.1) is 0 Å². The predicted octanol–water partition coefficient (Wildman–Crippen LogP) is 2.04. The molecule has 0 aromatic rings. The third-order valence-corrected chi connectivity index (χ3v) is 3.81. The Morgan fingerprint density at radius 2 is 2.15 bits per heavy atom. The van der Waals surface area contributed by atoms with Crippen molar-refractivity contribution in [3.8, 4) is 0 Å². The van der Waals surface area contributed by atoms with E-state index in [1.165, 1.54) is 12.2 Å². The minimum atomic E-state index is -2.42. The van der Waals surface area contributed by atoms with Crippen molar-refractivity contribution in [3.05, 3.63) is 21.7 Å². The minimum Gasteiger partial charge on any atom is -0.250 e. The van der Waals surface area contributed by atoms with Crippen molar-refractivity contribution in [2.24, 2.45) is 5.92 Å². The van der Waals surface area contributed by atoms with Gasteiger partial charge in [0.1, 0.15) is 6.67 Å². The molecule has 0 aromatic heterocycles. The SMILES string of the molecule is O=S(=O)=C1C=CC(Br)=C(Cl)C1CF. The highest BCUT2D eigenvalue weighted by molar-refractivity contribution is 9.12. The van der Waals surface area contributed by atoms with Crippen molar-refractivity contribution in [2.45, 2.75) is 0 Å². The van der Waals surface area contributed by atoms with Gasteiger partial charge in [0, 0.05) is 9.51 Å². The number of allylic oxidation sites excluding steroid dienone is 4. The molecule has 72 valence electrons.